The maximum Gasteiger partial charge on any atom is 0.156 e. The normalized spacial score (nSPS) is 11.3. The molecule has 3 aromatic heterocycles. The van der Waals surface area contributed by atoms with Gasteiger partial charge < -0.3 is 9.88 Å². The molecule has 7 heteroatoms. The van der Waals surface area contributed by atoms with E-state index in [4.69, 9.17) is 4.98 Å². The van der Waals surface area contributed by atoms with Gasteiger partial charge in [0.15, 0.2) is 5.82 Å². The lowest BCUT2D eigenvalue weighted by Crippen LogP contribution is -2.11. The monoisotopic (exact) mass is 327 g/mol. The first kappa shape index (κ1) is 16.4. The SMILES string of the molecule is CCc1nc(NCCCn2ccnc2C)c2c(n1)c(C)nn2CC. The summed E-state index contributed by atoms with van der Waals surface area (Å²) in [5.74, 6) is 2.79. The molecule has 3 rings (SSSR count). The van der Waals surface area contributed by atoms with E-state index in [9.17, 15) is 0 Å². The van der Waals surface area contributed by atoms with Crippen molar-refractivity contribution in [1.29, 1.82) is 0 Å². The average molecular weight is 327 g/mol. The van der Waals surface area contributed by atoms with Gasteiger partial charge >= 0.3 is 0 Å². The number of anilines is 1. The van der Waals surface area contributed by atoms with Crippen molar-refractivity contribution >= 4 is 16.9 Å². The van der Waals surface area contributed by atoms with Crippen LogP contribution in [0, 0.1) is 13.8 Å². The molecule has 0 atom stereocenters. The Morgan fingerprint density at radius 3 is 2.67 bits per heavy atom. The van der Waals surface area contributed by atoms with Gasteiger partial charge in [-0.3, -0.25) is 4.68 Å². The van der Waals surface area contributed by atoms with E-state index in [1.165, 1.54) is 0 Å². The van der Waals surface area contributed by atoms with Gasteiger partial charge in [-0.2, -0.15) is 5.10 Å². The molecule has 0 aliphatic carbocycles. The molecule has 0 aliphatic rings. The minimum atomic E-state index is 0.808. The summed E-state index contributed by atoms with van der Waals surface area (Å²) in [7, 11) is 0. The van der Waals surface area contributed by atoms with Crippen molar-refractivity contribution in [2.24, 2.45) is 0 Å². The van der Waals surface area contributed by atoms with Gasteiger partial charge in [0.05, 0.1) is 5.69 Å². The molecule has 3 aromatic rings. The molecule has 0 radical (unpaired) electrons. The Balaban J connectivity index is 1.78. The van der Waals surface area contributed by atoms with E-state index < -0.39 is 0 Å². The summed E-state index contributed by atoms with van der Waals surface area (Å²) in [6.45, 7) is 10.8. The van der Waals surface area contributed by atoms with Gasteiger partial charge in [0.2, 0.25) is 0 Å². The van der Waals surface area contributed by atoms with Gasteiger partial charge in [0.1, 0.15) is 22.7 Å². The molecule has 0 fully saturated rings. The first-order valence-electron chi connectivity index (χ1n) is 8.59. The molecule has 0 bridgehead atoms. The number of imidazole rings is 1. The quantitative estimate of drug-likeness (QED) is 0.675. The first-order chi connectivity index (χ1) is 11.6. The second kappa shape index (κ2) is 6.98. The fraction of sp³-hybridized carbons (Fsp3) is 0.529. The van der Waals surface area contributed by atoms with Crippen LogP contribution >= 0.6 is 0 Å². The topological polar surface area (TPSA) is 73.5 Å². The molecule has 3 heterocycles. The van der Waals surface area contributed by atoms with Crippen LogP contribution in [0.25, 0.3) is 11.0 Å². The smallest absolute Gasteiger partial charge is 0.156 e. The van der Waals surface area contributed by atoms with Crippen molar-refractivity contribution in [3.8, 4) is 0 Å². The summed E-state index contributed by atoms with van der Waals surface area (Å²) in [6, 6.07) is 0. The number of aryl methyl sites for hydroxylation is 5. The third kappa shape index (κ3) is 3.11. The lowest BCUT2D eigenvalue weighted by atomic mass is 10.3. The number of aromatic nitrogens is 6. The molecule has 0 aromatic carbocycles. The molecule has 7 nitrogen and oxygen atoms in total. The minimum Gasteiger partial charge on any atom is -0.368 e. The highest BCUT2D eigenvalue weighted by atomic mass is 15.3. The number of hydrogen-bond acceptors (Lipinski definition) is 5. The van der Waals surface area contributed by atoms with Crippen LogP contribution in [0.1, 0.15) is 37.6 Å². The molecule has 128 valence electrons. The molecule has 24 heavy (non-hydrogen) atoms. The Morgan fingerprint density at radius 1 is 1.17 bits per heavy atom. The predicted molar refractivity (Wildman–Crippen MR) is 95.2 cm³/mol. The highest BCUT2D eigenvalue weighted by Gasteiger charge is 2.15. The number of rotatable bonds is 7. The molecular formula is C17H25N7. The molecule has 0 spiro atoms. The van der Waals surface area contributed by atoms with E-state index in [-0.39, 0.29) is 0 Å². The number of fused-ring (bicyclic) bond motifs is 1. The molecule has 1 N–H and O–H groups in total. The van der Waals surface area contributed by atoms with Crippen LogP contribution in [-0.4, -0.2) is 35.8 Å². The van der Waals surface area contributed by atoms with Gasteiger partial charge in [-0.1, -0.05) is 6.92 Å². The van der Waals surface area contributed by atoms with Gasteiger partial charge in [-0.05, 0) is 27.2 Å². The van der Waals surface area contributed by atoms with E-state index in [1.807, 2.05) is 30.9 Å². The van der Waals surface area contributed by atoms with Crippen molar-refractivity contribution in [2.75, 3.05) is 11.9 Å². The predicted octanol–water partition coefficient (Wildman–Crippen LogP) is 2.72. The van der Waals surface area contributed by atoms with Crippen LogP contribution in [0.4, 0.5) is 5.82 Å². The molecule has 0 amide bonds. The highest BCUT2D eigenvalue weighted by Crippen LogP contribution is 2.23. The van der Waals surface area contributed by atoms with Crippen LogP contribution in [-0.2, 0) is 19.5 Å². The lowest BCUT2D eigenvalue weighted by molar-refractivity contribution is 0.641. The van der Waals surface area contributed by atoms with E-state index in [0.717, 1.165) is 66.7 Å². The fourth-order valence-electron chi connectivity index (χ4n) is 2.88. The summed E-state index contributed by atoms with van der Waals surface area (Å²) >= 11 is 0. The first-order valence-corrected chi connectivity index (χ1v) is 8.59. The van der Waals surface area contributed by atoms with Crippen LogP contribution in [0.5, 0.6) is 0 Å². The molecule has 0 saturated carbocycles. The van der Waals surface area contributed by atoms with Gasteiger partial charge in [0.25, 0.3) is 0 Å². The van der Waals surface area contributed by atoms with E-state index >= 15 is 0 Å². The average Bonchev–Trinajstić information content (AvgIpc) is 3.14. The van der Waals surface area contributed by atoms with E-state index in [1.54, 1.807) is 0 Å². The van der Waals surface area contributed by atoms with Crippen molar-refractivity contribution in [3.05, 3.63) is 29.7 Å². The standard InChI is InChI=1S/C17H25N7/c1-5-14-20-15-12(3)22-24(6-2)16(15)17(21-14)19-8-7-10-23-11-9-18-13(23)4/h9,11H,5-8,10H2,1-4H3,(H,19,20,21). The Labute approximate surface area is 142 Å². The summed E-state index contributed by atoms with van der Waals surface area (Å²) in [4.78, 5) is 13.6. The van der Waals surface area contributed by atoms with Crippen molar-refractivity contribution in [1.82, 2.24) is 29.3 Å². The summed E-state index contributed by atoms with van der Waals surface area (Å²) in [5, 5.41) is 8.07. The minimum absolute atomic E-state index is 0.808. The van der Waals surface area contributed by atoms with Crippen molar-refractivity contribution in [2.45, 2.75) is 53.6 Å². The van der Waals surface area contributed by atoms with Crippen LogP contribution in [0.2, 0.25) is 0 Å². The molecule has 0 saturated heterocycles. The maximum atomic E-state index is 4.69. The van der Waals surface area contributed by atoms with Crippen molar-refractivity contribution < 1.29 is 0 Å². The van der Waals surface area contributed by atoms with Gasteiger partial charge in [0, 0.05) is 38.4 Å². The second-order valence-corrected chi connectivity index (χ2v) is 5.89. The van der Waals surface area contributed by atoms with E-state index in [0.29, 0.717) is 0 Å². The number of nitrogens with zero attached hydrogens (tertiary/aromatic N) is 6. The van der Waals surface area contributed by atoms with Crippen LogP contribution < -0.4 is 5.32 Å². The number of nitrogens with one attached hydrogen (secondary N) is 1. The van der Waals surface area contributed by atoms with Crippen LogP contribution in [0.3, 0.4) is 0 Å². The van der Waals surface area contributed by atoms with Gasteiger partial charge in [-0.15, -0.1) is 0 Å². The Morgan fingerprint density at radius 2 is 2.00 bits per heavy atom. The maximum absolute atomic E-state index is 4.69. The zero-order chi connectivity index (χ0) is 17.1. The van der Waals surface area contributed by atoms with Crippen molar-refractivity contribution in [3.63, 3.8) is 0 Å². The Kier molecular flexibility index (Phi) is 4.78. The number of hydrogen-bond donors (Lipinski definition) is 1. The third-order valence-electron chi connectivity index (χ3n) is 4.21. The highest BCUT2D eigenvalue weighted by molar-refractivity contribution is 5.87. The largest absolute Gasteiger partial charge is 0.368 e. The zero-order valence-electron chi connectivity index (χ0n) is 14.9. The zero-order valence-corrected chi connectivity index (χ0v) is 14.9. The second-order valence-electron chi connectivity index (χ2n) is 5.89. The molecular weight excluding hydrogens is 302 g/mol. The Hall–Kier alpha value is -2.44. The molecule has 0 unspecified atom stereocenters. The lowest BCUT2D eigenvalue weighted by Gasteiger charge is -2.11. The fourth-order valence-corrected chi connectivity index (χ4v) is 2.88. The summed E-state index contributed by atoms with van der Waals surface area (Å²) in [5.41, 5.74) is 2.92. The van der Waals surface area contributed by atoms with Crippen LogP contribution in [0.15, 0.2) is 12.4 Å². The van der Waals surface area contributed by atoms with Gasteiger partial charge in [-0.25, -0.2) is 15.0 Å². The Bertz CT molecular complexity index is 831. The summed E-state index contributed by atoms with van der Waals surface area (Å²) in [6.07, 6.45) is 5.68. The summed E-state index contributed by atoms with van der Waals surface area (Å²) < 4.78 is 4.14. The van der Waals surface area contributed by atoms with E-state index in [2.05, 4.69) is 38.8 Å². The third-order valence-corrected chi connectivity index (χ3v) is 4.21. The molecule has 0 aliphatic heterocycles.